The van der Waals surface area contributed by atoms with Crippen molar-refractivity contribution in [3.05, 3.63) is 0 Å². The summed E-state index contributed by atoms with van der Waals surface area (Å²) in [4.78, 5) is 9.43. The molecule has 0 aromatic heterocycles. The van der Waals surface area contributed by atoms with Gasteiger partial charge in [0, 0.05) is 12.5 Å². The Hall–Kier alpha value is -0.120. The van der Waals surface area contributed by atoms with Gasteiger partial charge in [0.2, 0.25) is 0 Å². The zero-order chi connectivity index (χ0) is 5.98. The molecule has 0 aromatic carbocycles. The second kappa shape index (κ2) is 2.44. The molecule has 3 nitrogen and oxygen atoms in total. The van der Waals surface area contributed by atoms with Crippen LogP contribution < -0.4 is 5.73 Å². The molecule has 0 bridgehead atoms. The Morgan fingerprint density at radius 3 is 2.75 bits per heavy atom. The first-order chi connectivity index (χ1) is 3.80. The summed E-state index contributed by atoms with van der Waals surface area (Å²) in [6.45, 7) is 2.60. The van der Waals surface area contributed by atoms with E-state index in [2.05, 4.69) is 4.89 Å². The summed E-state index contributed by atoms with van der Waals surface area (Å²) in [7, 11) is 0. The van der Waals surface area contributed by atoms with Gasteiger partial charge in [-0.3, -0.25) is 0 Å². The van der Waals surface area contributed by atoms with E-state index in [1.807, 2.05) is 6.92 Å². The third-order valence-corrected chi connectivity index (χ3v) is 1.26. The highest BCUT2D eigenvalue weighted by Gasteiger charge is 2.20. The van der Waals surface area contributed by atoms with Crippen molar-refractivity contribution in [3.8, 4) is 0 Å². The lowest BCUT2D eigenvalue weighted by Gasteiger charge is -2.08. The fraction of sp³-hybridized carbons (Fsp3) is 1.00. The number of hydrogen-bond acceptors (Lipinski definition) is 3. The molecular formula is C5H11NO2. The minimum atomic E-state index is 0.0949. The first kappa shape index (κ1) is 6.01. The maximum atomic E-state index is 5.49. The number of nitrogens with two attached hydrogens (primary N) is 1. The normalized spacial score (nSPS) is 33.0. The Labute approximate surface area is 48.7 Å². The van der Waals surface area contributed by atoms with Crippen LogP contribution in [0.1, 0.15) is 13.3 Å². The van der Waals surface area contributed by atoms with Crippen molar-refractivity contribution < 1.29 is 9.78 Å². The molecule has 1 aliphatic rings. The fourth-order valence-corrected chi connectivity index (χ4v) is 0.698. The van der Waals surface area contributed by atoms with Crippen LogP contribution in [0.15, 0.2) is 0 Å². The quantitative estimate of drug-likeness (QED) is 0.494. The van der Waals surface area contributed by atoms with Crippen LogP contribution in [0, 0.1) is 0 Å². The highest BCUT2D eigenvalue weighted by Crippen LogP contribution is 2.10. The highest BCUT2D eigenvalue weighted by atomic mass is 17.2. The summed E-state index contributed by atoms with van der Waals surface area (Å²) in [5.74, 6) is 0. The molecule has 2 atom stereocenters. The van der Waals surface area contributed by atoms with Gasteiger partial charge in [0.05, 0.1) is 6.61 Å². The molecule has 0 aliphatic carbocycles. The van der Waals surface area contributed by atoms with Gasteiger partial charge >= 0.3 is 0 Å². The molecule has 0 saturated carbocycles. The smallest absolute Gasteiger partial charge is 0.110 e. The van der Waals surface area contributed by atoms with E-state index >= 15 is 0 Å². The lowest BCUT2D eigenvalue weighted by Crippen LogP contribution is -2.30. The Morgan fingerprint density at radius 2 is 2.50 bits per heavy atom. The molecule has 0 aromatic rings. The third kappa shape index (κ3) is 1.18. The third-order valence-electron chi connectivity index (χ3n) is 1.26. The van der Waals surface area contributed by atoms with Crippen LogP contribution in [-0.4, -0.2) is 18.8 Å². The minimum absolute atomic E-state index is 0.0949. The summed E-state index contributed by atoms with van der Waals surface area (Å²) in [6, 6.07) is 0.0949. The van der Waals surface area contributed by atoms with E-state index in [1.54, 1.807) is 0 Å². The Kier molecular flexibility index (Phi) is 1.83. The van der Waals surface area contributed by atoms with Crippen LogP contribution >= 0.6 is 0 Å². The Bertz CT molecular complexity index is 68.8. The van der Waals surface area contributed by atoms with Crippen LogP contribution in [0.25, 0.3) is 0 Å². The van der Waals surface area contributed by atoms with Crippen molar-refractivity contribution >= 4 is 0 Å². The maximum Gasteiger partial charge on any atom is 0.110 e. The molecule has 3 heteroatoms. The van der Waals surface area contributed by atoms with Crippen LogP contribution in [-0.2, 0) is 9.78 Å². The SMILES string of the molecule is CC(N)C1CCOO1. The van der Waals surface area contributed by atoms with Gasteiger partial charge in [-0.1, -0.05) is 0 Å². The van der Waals surface area contributed by atoms with Crippen molar-refractivity contribution in [3.63, 3.8) is 0 Å². The Balaban J connectivity index is 2.24. The summed E-state index contributed by atoms with van der Waals surface area (Å²) >= 11 is 0. The first-order valence-corrected chi connectivity index (χ1v) is 2.84. The van der Waals surface area contributed by atoms with Gasteiger partial charge in [0.1, 0.15) is 6.10 Å². The second-order valence-electron chi connectivity index (χ2n) is 2.10. The van der Waals surface area contributed by atoms with Crippen LogP contribution in [0.2, 0.25) is 0 Å². The topological polar surface area (TPSA) is 44.5 Å². The van der Waals surface area contributed by atoms with E-state index in [0.29, 0.717) is 6.61 Å². The molecule has 1 fully saturated rings. The van der Waals surface area contributed by atoms with Crippen molar-refractivity contribution in [2.75, 3.05) is 6.61 Å². The molecule has 0 radical (unpaired) electrons. The molecule has 2 unspecified atom stereocenters. The van der Waals surface area contributed by atoms with E-state index < -0.39 is 0 Å². The Morgan fingerprint density at radius 1 is 1.75 bits per heavy atom. The molecule has 8 heavy (non-hydrogen) atoms. The molecule has 1 aliphatic heterocycles. The van der Waals surface area contributed by atoms with Gasteiger partial charge in [0.25, 0.3) is 0 Å². The summed E-state index contributed by atoms with van der Waals surface area (Å²) in [5.41, 5.74) is 5.49. The van der Waals surface area contributed by atoms with Crippen LogP contribution in [0.5, 0.6) is 0 Å². The predicted molar refractivity (Wildman–Crippen MR) is 29.1 cm³/mol. The molecule has 1 heterocycles. The van der Waals surface area contributed by atoms with Crippen molar-refractivity contribution in [1.82, 2.24) is 0 Å². The molecule has 0 spiro atoms. The van der Waals surface area contributed by atoms with Crippen LogP contribution in [0.3, 0.4) is 0 Å². The zero-order valence-corrected chi connectivity index (χ0v) is 4.96. The fourth-order valence-electron chi connectivity index (χ4n) is 0.698. The van der Waals surface area contributed by atoms with Gasteiger partial charge in [-0.15, -0.1) is 0 Å². The van der Waals surface area contributed by atoms with Gasteiger partial charge in [0.15, 0.2) is 0 Å². The van der Waals surface area contributed by atoms with Gasteiger partial charge < -0.3 is 5.73 Å². The van der Waals surface area contributed by atoms with Crippen molar-refractivity contribution in [2.24, 2.45) is 5.73 Å². The lowest BCUT2D eigenvalue weighted by atomic mass is 10.1. The van der Waals surface area contributed by atoms with Gasteiger partial charge in [-0.2, -0.15) is 0 Å². The van der Waals surface area contributed by atoms with E-state index in [0.717, 1.165) is 6.42 Å². The zero-order valence-electron chi connectivity index (χ0n) is 4.96. The largest absolute Gasteiger partial charge is 0.326 e. The average Bonchev–Trinajstić information content (AvgIpc) is 2.12. The van der Waals surface area contributed by atoms with Gasteiger partial charge in [-0.25, -0.2) is 9.78 Å². The van der Waals surface area contributed by atoms with Crippen molar-refractivity contribution in [2.45, 2.75) is 25.5 Å². The molecule has 0 amide bonds. The monoisotopic (exact) mass is 117 g/mol. The van der Waals surface area contributed by atoms with Crippen molar-refractivity contribution in [1.29, 1.82) is 0 Å². The summed E-state index contributed by atoms with van der Waals surface area (Å²) < 4.78 is 0. The second-order valence-corrected chi connectivity index (χ2v) is 2.10. The lowest BCUT2D eigenvalue weighted by molar-refractivity contribution is -0.276. The molecule has 48 valence electrons. The summed E-state index contributed by atoms with van der Waals surface area (Å²) in [5, 5.41) is 0. The maximum absolute atomic E-state index is 5.49. The number of rotatable bonds is 1. The highest BCUT2D eigenvalue weighted by molar-refractivity contribution is 4.68. The van der Waals surface area contributed by atoms with E-state index in [4.69, 9.17) is 10.6 Å². The summed E-state index contributed by atoms with van der Waals surface area (Å²) in [6.07, 6.45) is 1.05. The minimum Gasteiger partial charge on any atom is -0.326 e. The molecule has 1 rings (SSSR count). The first-order valence-electron chi connectivity index (χ1n) is 2.84. The predicted octanol–water partition coefficient (Wildman–Crippen LogP) is 0.0541. The molecule has 2 N–H and O–H groups in total. The standard InChI is InChI=1S/C5H11NO2/c1-4(6)5-2-3-7-8-5/h4-5H,2-3,6H2,1H3. The molecule has 1 saturated heterocycles. The van der Waals surface area contributed by atoms with E-state index in [1.165, 1.54) is 0 Å². The van der Waals surface area contributed by atoms with E-state index in [-0.39, 0.29) is 12.1 Å². The molecular weight excluding hydrogens is 106 g/mol. The average molecular weight is 117 g/mol. The van der Waals surface area contributed by atoms with E-state index in [9.17, 15) is 0 Å². The van der Waals surface area contributed by atoms with Gasteiger partial charge in [-0.05, 0) is 6.92 Å². The van der Waals surface area contributed by atoms with Crippen LogP contribution in [0.4, 0.5) is 0 Å². The number of hydrogen-bond donors (Lipinski definition) is 1.